The van der Waals surface area contributed by atoms with E-state index in [0.29, 0.717) is 62.5 Å². The van der Waals surface area contributed by atoms with E-state index in [2.05, 4.69) is 4.90 Å². The number of methoxy groups -OCH3 is 3. The van der Waals surface area contributed by atoms with Crippen molar-refractivity contribution in [3.63, 3.8) is 0 Å². The third-order valence-electron chi connectivity index (χ3n) is 8.24. The van der Waals surface area contributed by atoms with Gasteiger partial charge in [-0.2, -0.15) is 0 Å². The number of likely N-dealkylation sites (tertiary alicyclic amines) is 1. The predicted octanol–water partition coefficient (Wildman–Crippen LogP) is 2.83. The number of nitrogens with zero attached hydrogens (tertiary/aromatic N) is 3. The molecule has 0 bridgehead atoms. The first-order chi connectivity index (χ1) is 17.5. The first-order valence-corrected chi connectivity index (χ1v) is 13.5. The zero-order chi connectivity index (χ0) is 25.5. The number of carbonyl (C=O) groups excluding carboxylic acids is 2. The molecule has 200 valence electrons. The topological polar surface area (TPSA) is 71.6 Å². The molecule has 3 aliphatic heterocycles. The molecule has 3 aliphatic rings. The van der Waals surface area contributed by atoms with Crippen LogP contribution >= 0.6 is 0 Å². The van der Waals surface area contributed by atoms with Crippen LogP contribution in [0.15, 0.2) is 18.2 Å². The maximum atomic E-state index is 13.7. The van der Waals surface area contributed by atoms with Crippen LogP contribution in [-0.4, -0.2) is 99.8 Å². The molecule has 8 heteroatoms. The van der Waals surface area contributed by atoms with Gasteiger partial charge >= 0.3 is 0 Å². The number of fused-ring (bicyclic) bond motifs is 1. The molecule has 3 saturated heterocycles. The number of hydrogen-bond donors (Lipinski definition) is 0. The molecule has 0 aliphatic carbocycles. The molecule has 0 aromatic heterocycles. The van der Waals surface area contributed by atoms with Crippen LogP contribution in [0.1, 0.15) is 44.1 Å². The van der Waals surface area contributed by atoms with E-state index in [9.17, 15) is 9.59 Å². The van der Waals surface area contributed by atoms with Gasteiger partial charge in [-0.05, 0) is 68.8 Å². The summed E-state index contributed by atoms with van der Waals surface area (Å²) in [5, 5.41) is 0. The van der Waals surface area contributed by atoms with Crippen LogP contribution in [0.2, 0.25) is 0 Å². The van der Waals surface area contributed by atoms with Gasteiger partial charge in [0, 0.05) is 45.8 Å². The fourth-order valence-electron chi connectivity index (χ4n) is 6.28. The lowest BCUT2D eigenvalue weighted by atomic mass is 9.83. The number of amides is 2. The van der Waals surface area contributed by atoms with Crippen LogP contribution in [0.3, 0.4) is 0 Å². The van der Waals surface area contributed by atoms with Crippen LogP contribution < -0.4 is 9.47 Å². The minimum absolute atomic E-state index is 0.0663. The van der Waals surface area contributed by atoms with E-state index in [-0.39, 0.29) is 17.7 Å². The number of rotatable bonds is 11. The van der Waals surface area contributed by atoms with Crippen LogP contribution in [0.5, 0.6) is 11.5 Å². The average Bonchev–Trinajstić information content (AvgIpc) is 3.29. The van der Waals surface area contributed by atoms with Crippen LogP contribution in [0.4, 0.5) is 0 Å². The van der Waals surface area contributed by atoms with Crippen molar-refractivity contribution in [3.05, 3.63) is 23.8 Å². The summed E-state index contributed by atoms with van der Waals surface area (Å²) in [5.41, 5.74) is 1.08. The maximum absolute atomic E-state index is 13.7. The van der Waals surface area contributed by atoms with E-state index >= 15 is 0 Å². The predicted molar refractivity (Wildman–Crippen MR) is 138 cm³/mol. The van der Waals surface area contributed by atoms with Crippen molar-refractivity contribution in [2.45, 2.75) is 51.0 Å². The molecule has 1 aromatic rings. The van der Waals surface area contributed by atoms with Crippen molar-refractivity contribution < 1.29 is 23.8 Å². The zero-order valence-corrected chi connectivity index (χ0v) is 22.2. The Kier molecular flexibility index (Phi) is 9.48. The lowest BCUT2D eigenvalue weighted by Gasteiger charge is -2.46. The van der Waals surface area contributed by atoms with Gasteiger partial charge < -0.3 is 28.9 Å². The monoisotopic (exact) mass is 501 g/mol. The smallest absolute Gasteiger partial charge is 0.228 e. The summed E-state index contributed by atoms with van der Waals surface area (Å²) in [6.07, 6.45) is 7.21. The van der Waals surface area contributed by atoms with Gasteiger partial charge in [-0.15, -0.1) is 0 Å². The number of carbonyl (C=O) groups is 2. The Morgan fingerprint density at radius 2 is 1.86 bits per heavy atom. The van der Waals surface area contributed by atoms with Crippen molar-refractivity contribution in [1.29, 1.82) is 0 Å². The molecule has 0 N–H and O–H groups in total. The van der Waals surface area contributed by atoms with Gasteiger partial charge in [0.2, 0.25) is 11.8 Å². The molecule has 2 amide bonds. The van der Waals surface area contributed by atoms with Gasteiger partial charge in [0.1, 0.15) is 0 Å². The molecule has 0 radical (unpaired) electrons. The van der Waals surface area contributed by atoms with Gasteiger partial charge in [-0.3, -0.25) is 9.59 Å². The van der Waals surface area contributed by atoms with Crippen LogP contribution in [0, 0.1) is 11.8 Å². The Morgan fingerprint density at radius 1 is 1.06 bits per heavy atom. The van der Waals surface area contributed by atoms with Gasteiger partial charge in [0.05, 0.1) is 26.7 Å². The Labute approximate surface area is 215 Å². The molecular formula is C28H43N3O5. The molecule has 3 atom stereocenters. The quantitative estimate of drug-likeness (QED) is 0.464. The Hall–Kier alpha value is -2.32. The number of piperidine rings is 2. The van der Waals surface area contributed by atoms with Gasteiger partial charge in [0.25, 0.3) is 0 Å². The molecule has 3 fully saturated rings. The van der Waals surface area contributed by atoms with Crippen LogP contribution in [-0.2, 0) is 20.7 Å². The summed E-state index contributed by atoms with van der Waals surface area (Å²) in [5.74, 6) is 1.79. The first-order valence-electron chi connectivity index (χ1n) is 13.5. The third kappa shape index (κ3) is 6.32. The summed E-state index contributed by atoms with van der Waals surface area (Å²) in [6, 6.07) is 6.43. The lowest BCUT2D eigenvalue weighted by molar-refractivity contribution is -0.137. The van der Waals surface area contributed by atoms with Gasteiger partial charge in [0.15, 0.2) is 11.5 Å². The van der Waals surface area contributed by atoms with E-state index in [1.807, 2.05) is 28.0 Å². The van der Waals surface area contributed by atoms with Crippen molar-refractivity contribution in [1.82, 2.24) is 14.7 Å². The Balaban J connectivity index is 1.36. The minimum Gasteiger partial charge on any atom is -0.493 e. The first kappa shape index (κ1) is 26.7. The minimum atomic E-state index is -0.272. The van der Waals surface area contributed by atoms with Crippen LogP contribution in [0.25, 0.3) is 0 Å². The fourth-order valence-corrected chi connectivity index (χ4v) is 6.28. The molecule has 0 spiro atoms. The fraction of sp³-hybridized carbons (Fsp3) is 0.714. The Morgan fingerprint density at radius 3 is 2.64 bits per heavy atom. The van der Waals surface area contributed by atoms with E-state index in [1.54, 1.807) is 21.3 Å². The normalized spacial score (nSPS) is 24.5. The highest BCUT2D eigenvalue weighted by Gasteiger charge is 2.39. The second-order valence-electron chi connectivity index (χ2n) is 10.5. The van der Waals surface area contributed by atoms with E-state index in [4.69, 9.17) is 14.2 Å². The molecule has 1 aromatic carbocycles. The molecule has 0 unspecified atom stereocenters. The summed E-state index contributed by atoms with van der Waals surface area (Å²) < 4.78 is 16.1. The van der Waals surface area contributed by atoms with Crippen molar-refractivity contribution >= 4 is 11.8 Å². The average molecular weight is 502 g/mol. The molecule has 3 heterocycles. The highest BCUT2D eigenvalue weighted by molar-refractivity contribution is 5.89. The van der Waals surface area contributed by atoms with Crippen molar-refractivity contribution in [3.8, 4) is 11.5 Å². The third-order valence-corrected chi connectivity index (χ3v) is 8.24. The largest absolute Gasteiger partial charge is 0.493 e. The molecule has 0 saturated carbocycles. The summed E-state index contributed by atoms with van der Waals surface area (Å²) in [6.45, 7) is 5.37. The van der Waals surface area contributed by atoms with E-state index in [0.717, 1.165) is 12.1 Å². The molecule has 4 rings (SSSR count). The summed E-state index contributed by atoms with van der Waals surface area (Å²) in [4.78, 5) is 33.0. The number of benzene rings is 1. The van der Waals surface area contributed by atoms with Crippen molar-refractivity contribution in [2.75, 3.05) is 67.2 Å². The van der Waals surface area contributed by atoms with Crippen molar-refractivity contribution in [2.24, 2.45) is 11.8 Å². The maximum Gasteiger partial charge on any atom is 0.228 e. The standard InChI is InChI=1S/C28H43N3O5/c1-34-16-15-31(19-22-7-6-13-29-12-5-4-8-24(22)29)28(33)23-18-27(32)30(20-23)14-11-21-9-10-25(35-2)26(17-21)36-3/h9-10,17,22-24H,4-8,11-16,18-20H2,1-3H3/t22-,23+,24+/m0/s1. The summed E-state index contributed by atoms with van der Waals surface area (Å²) in [7, 11) is 4.92. The number of hydrogen-bond acceptors (Lipinski definition) is 6. The second-order valence-corrected chi connectivity index (χ2v) is 10.5. The summed E-state index contributed by atoms with van der Waals surface area (Å²) >= 11 is 0. The Bertz CT molecular complexity index is 892. The second kappa shape index (κ2) is 12.8. The highest BCUT2D eigenvalue weighted by Crippen LogP contribution is 2.32. The van der Waals surface area contributed by atoms with Gasteiger partial charge in [-0.25, -0.2) is 0 Å². The highest BCUT2D eigenvalue weighted by atomic mass is 16.5. The lowest BCUT2D eigenvalue weighted by Crippen LogP contribution is -2.52. The molecule has 36 heavy (non-hydrogen) atoms. The number of ether oxygens (including phenoxy) is 3. The van der Waals surface area contributed by atoms with E-state index in [1.165, 1.54) is 45.2 Å². The van der Waals surface area contributed by atoms with Gasteiger partial charge in [-0.1, -0.05) is 12.5 Å². The molecule has 8 nitrogen and oxygen atoms in total. The SMILES string of the molecule is COCCN(C[C@@H]1CCCN2CCCC[C@H]12)C(=O)[C@@H]1CC(=O)N(CCc2ccc(OC)c(OC)c2)C1. The molecular weight excluding hydrogens is 458 g/mol. The van der Waals surface area contributed by atoms with E-state index < -0.39 is 0 Å². The zero-order valence-electron chi connectivity index (χ0n) is 22.2.